The summed E-state index contributed by atoms with van der Waals surface area (Å²) in [6.45, 7) is 3.51. The van der Waals surface area contributed by atoms with E-state index in [1.54, 1.807) is 19.1 Å². The van der Waals surface area contributed by atoms with Crippen LogP contribution >= 0.6 is 0 Å². The Labute approximate surface area is 111 Å². The van der Waals surface area contributed by atoms with E-state index in [2.05, 4.69) is 10.6 Å². The second-order valence-electron chi connectivity index (χ2n) is 4.87. The summed E-state index contributed by atoms with van der Waals surface area (Å²) in [5, 5.41) is 16.7. The number of hydrogen-bond acceptors (Lipinski definition) is 4. The monoisotopic (exact) mass is 263 g/mol. The van der Waals surface area contributed by atoms with E-state index in [4.69, 9.17) is 0 Å². The van der Waals surface area contributed by atoms with Crippen LogP contribution in [0.5, 0.6) is 0 Å². The zero-order valence-corrected chi connectivity index (χ0v) is 10.8. The lowest BCUT2D eigenvalue weighted by atomic mass is 10.0. The maximum absolute atomic E-state index is 11.8. The van der Waals surface area contributed by atoms with Crippen molar-refractivity contribution in [2.24, 2.45) is 5.92 Å². The van der Waals surface area contributed by atoms with E-state index < -0.39 is 4.92 Å². The highest BCUT2D eigenvalue weighted by atomic mass is 16.6. The summed E-state index contributed by atoms with van der Waals surface area (Å²) in [7, 11) is 0. The van der Waals surface area contributed by atoms with Crippen LogP contribution in [0.2, 0.25) is 0 Å². The van der Waals surface area contributed by atoms with Gasteiger partial charge in [-0.15, -0.1) is 0 Å². The molecule has 0 aromatic heterocycles. The molecule has 0 bridgehead atoms. The molecule has 1 aliphatic heterocycles. The van der Waals surface area contributed by atoms with Gasteiger partial charge in [-0.1, -0.05) is 0 Å². The van der Waals surface area contributed by atoms with Crippen LogP contribution in [0.25, 0.3) is 0 Å². The molecular formula is C13H17N3O3. The SMILES string of the molecule is Cc1cc(NC(=O)CC2CCNC2)ccc1[N+](=O)[O-]. The fraction of sp³-hybridized carbons (Fsp3) is 0.462. The first-order chi connectivity index (χ1) is 9.06. The van der Waals surface area contributed by atoms with Crippen LogP contribution in [0.15, 0.2) is 18.2 Å². The van der Waals surface area contributed by atoms with Crippen molar-refractivity contribution < 1.29 is 9.72 Å². The Morgan fingerprint density at radius 2 is 2.37 bits per heavy atom. The second kappa shape index (κ2) is 5.79. The van der Waals surface area contributed by atoms with Gasteiger partial charge in [-0.2, -0.15) is 0 Å². The zero-order valence-electron chi connectivity index (χ0n) is 10.8. The van der Waals surface area contributed by atoms with Gasteiger partial charge in [-0.3, -0.25) is 14.9 Å². The molecule has 1 aromatic rings. The molecular weight excluding hydrogens is 246 g/mol. The van der Waals surface area contributed by atoms with Crippen molar-refractivity contribution in [1.29, 1.82) is 0 Å². The maximum Gasteiger partial charge on any atom is 0.272 e. The summed E-state index contributed by atoms with van der Waals surface area (Å²) in [5.74, 6) is 0.348. The van der Waals surface area contributed by atoms with Gasteiger partial charge in [-0.05, 0) is 44.5 Å². The predicted molar refractivity (Wildman–Crippen MR) is 72.1 cm³/mol. The van der Waals surface area contributed by atoms with Crippen molar-refractivity contribution >= 4 is 17.3 Å². The fourth-order valence-corrected chi connectivity index (χ4v) is 2.30. The summed E-state index contributed by atoms with van der Waals surface area (Å²) in [6, 6.07) is 4.61. The number of nitrogens with one attached hydrogen (secondary N) is 2. The summed E-state index contributed by atoms with van der Waals surface area (Å²) in [6.07, 6.45) is 1.51. The van der Waals surface area contributed by atoms with Gasteiger partial charge < -0.3 is 10.6 Å². The number of amides is 1. The maximum atomic E-state index is 11.8. The standard InChI is InChI=1S/C13H17N3O3/c1-9-6-11(2-3-12(9)16(18)19)15-13(17)7-10-4-5-14-8-10/h2-3,6,10,14H,4-5,7-8H2,1H3,(H,15,17). The minimum atomic E-state index is -0.425. The lowest BCUT2D eigenvalue weighted by molar-refractivity contribution is -0.385. The van der Waals surface area contributed by atoms with E-state index in [0.29, 0.717) is 23.6 Å². The number of nitrogens with zero attached hydrogens (tertiary/aromatic N) is 1. The first kappa shape index (κ1) is 13.5. The largest absolute Gasteiger partial charge is 0.326 e. The molecule has 102 valence electrons. The van der Waals surface area contributed by atoms with E-state index in [-0.39, 0.29) is 11.6 Å². The third-order valence-electron chi connectivity index (χ3n) is 3.31. The first-order valence-electron chi connectivity index (χ1n) is 6.32. The molecule has 1 atom stereocenters. The molecule has 2 rings (SSSR count). The third-order valence-corrected chi connectivity index (χ3v) is 3.31. The molecule has 0 spiro atoms. The molecule has 1 heterocycles. The highest BCUT2D eigenvalue weighted by molar-refractivity contribution is 5.91. The van der Waals surface area contributed by atoms with Gasteiger partial charge in [0.1, 0.15) is 0 Å². The molecule has 1 aliphatic rings. The smallest absolute Gasteiger partial charge is 0.272 e. The van der Waals surface area contributed by atoms with Gasteiger partial charge in [-0.25, -0.2) is 0 Å². The number of anilines is 1. The summed E-state index contributed by atoms with van der Waals surface area (Å²) in [5.41, 5.74) is 1.22. The predicted octanol–water partition coefficient (Wildman–Crippen LogP) is 1.84. The van der Waals surface area contributed by atoms with E-state index in [1.165, 1.54) is 6.07 Å². The van der Waals surface area contributed by atoms with Crippen LogP contribution in [0.1, 0.15) is 18.4 Å². The highest BCUT2D eigenvalue weighted by Crippen LogP contribution is 2.22. The molecule has 6 nitrogen and oxygen atoms in total. The molecule has 1 unspecified atom stereocenters. The molecule has 1 amide bonds. The Morgan fingerprint density at radius 1 is 1.58 bits per heavy atom. The second-order valence-corrected chi connectivity index (χ2v) is 4.87. The number of rotatable bonds is 4. The van der Waals surface area contributed by atoms with Crippen molar-refractivity contribution in [3.8, 4) is 0 Å². The van der Waals surface area contributed by atoms with Gasteiger partial charge in [0, 0.05) is 23.7 Å². The Kier molecular flexibility index (Phi) is 4.11. The van der Waals surface area contributed by atoms with E-state index >= 15 is 0 Å². The van der Waals surface area contributed by atoms with Gasteiger partial charge in [0.25, 0.3) is 5.69 Å². The molecule has 2 N–H and O–H groups in total. The first-order valence-corrected chi connectivity index (χ1v) is 6.32. The Hall–Kier alpha value is -1.95. The number of benzene rings is 1. The number of carbonyl (C=O) groups excluding carboxylic acids is 1. The number of aryl methyl sites for hydroxylation is 1. The van der Waals surface area contributed by atoms with Gasteiger partial charge in [0.2, 0.25) is 5.91 Å². The minimum Gasteiger partial charge on any atom is -0.326 e. The van der Waals surface area contributed by atoms with E-state index in [0.717, 1.165) is 19.5 Å². The summed E-state index contributed by atoms with van der Waals surface area (Å²) in [4.78, 5) is 22.1. The number of carbonyl (C=O) groups is 1. The number of nitro groups is 1. The van der Waals surface area contributed by atoms with Crippen LogP contribution in [-0.2, 0) is 4.79 Å². The average molecular weight is 263 g/mol. The van der Waals surface area contributed by atoms with Crippen molar-refractivity contribution in [3.05, 3.63) is 33.9 Å². The third kappa shape index (κ3) is 3.51. The van der Waals surface area contributed by atoms with Crippen molar-refractivity contribution in [2.75, 3.05) is 18.4 Å². The van der Waals surface area contributed by atoms with Crippen LogP contribution in [-0.4, -0.2) is 23.9 Å². The molecule has 1 saturated heterocycles. The quantitative estimate of drug-likeness (QED) is 0.641. The average Bonchev–Trinajstić information content (AvgIpc) is 2.81. The normalized spacial score (nSPS) is 18.3. The highest BCUT2D eigenvalue weighted by Gasteiger charge is 2.18. The molecule has 1 aromatic carbocycles. The lowest BCUT2D eigenvalue weighted by Crippen LogP contribution is -2.18. The van der Waals surface area contributed by atoms with Crippen molar-refractivity contribution in [1.82, 2.24) is 5.32 Å². The molecule has 6 heteroatoms. The van der Waals surface area contributed by atoms with Gasteiger partial charge in [0.15, 0.2) is 0 Å². The molecule has 0 radical (unpaired) electrons. The Morgan fingerprint density at radius 3 is 2.95 bits per heavy atom. The van der Waals surface area contributed by atoms with Crippen molar-refractivity contribution in [2.45, 2.75) is 19.8 Å². The minimum absolute atomic E-state index is 0.0399. The van der Waals surface area contributed by atoms with E-state index in [9.17, 15) is 14.9 Å². The molecule has 0 aliphatic carbocycles. The fourth-order valence-electron chi connectivity index (χ4n) is 2.30. The molecule has 0 saturated carbocycles. The lowest BCUT2D eigenvalue weighted by Gasteiger charge is -2.09. The molecule has 1 fully saturated rings. The molecule has 19 heavy (non-hydrogen) atoms. The summed E-state index contributed by atoms with van der Waals surface area (Å²) >= 11 is 0. The zero-order chi connectivity index (χ0) is 13.8. The summed E-state index contributed by atoms with van der Waals surface area (Å²) < 4.78 is 0. The van der Waals surface area contributed by atoms with Gasteiger partial charge in [0.05, 0.1) is 4.92 Å². The van der Waals surface area contributed by atoms with Crippen LogP contribution in [0, 0.1) is 23.0 Å². The topological polar surface area (TPSA) is 84.3 Å². The van der Waals surface area contributed by atoms with Crippen molar-refractivity contribution in [3.63, 3.8) is 0 Å². The van der Waals surface area contributed by atoms with Crippen LogP contribution in [0.4, 0.5) is 11.4 Å². The van der Waals surface area contributed by atoms with Crippen LogP contribution in [0.3, 0.4) is 0 Å². The Balaban J connectivity index is 1.96. The number of nitro benzene ring substituents is 1. The van der Waals surface area contributed by atoms with Gasteiger partial charge >= 0.3 is 0 Å². The number of hydrogen-bond donors (Lipinski definition) is 2. The van der Waals surface area contributed by atoms with Crippen LogP contribution < -0.4 is 10.6 Å². The Bertz CT molecular complexity index is 496. The van der Waals surface area contributed by atoms with E-state index in [1.807, 2.05) is 0 Å².